The fourth-order valence-corrected chi connectivity index (χ4v) is 4.53. The van der Waals surface area contributed by atoms with E-state index in [1.807, 2.05) is 0 Å². The third kappa shape index (κ3) is 5.95. The summed E-state index contributed by atoms with van der Waals surface area (Å²) in [5, 5.41) is 39.2. The lowest BCUT2D eigenvalue weighted by molar-refractivity contribution is 0.0814. The number of Topliss-reactive ketones (excluding diaryl/α,β-unsaturated/α-hetero) is 4. The standard InChI is InChI=1S/C32H26O12/c1-41-25-13-27(43-3)23(31(39)29(37)15-5-17(33)9-18(34)6-15)11-21(25)22-12-24(28(44-4)14-26(22)42-2)32(40)30(38)16-7-19(35)10-20(36)8-16/h5-14,33-36H,1-4H3. The first-order valence-corrected chi connectivity index (χ1v) is 12.7. The highest BCUT2D eigenvalue weighted by Crippen LogP contribution is 2.43. The molecule has 0 heterocycles. The zero-order valence-electron chi connectivity index (χ0n) is 23.8. The van der Waals surface area contributed by atoms with Crippen molar-refractivity contribution in [2.24, 2.45) is 0 Å². The quantitative estimate of drug-likeness (QED) is 0.141. The highest BCUT2D eigenvalue weighted by Gasteiger charge is 2.29. The van der Waals surface area contributed by atoms with Crippen molar-refractivity contribution in [3.8, 4) is 57.1 Å². The number of carbonyl (C=O) groups excluding carboxylic acids is 4. The lowest BCUT2D eigenvalue weighted by atomic mass is 9.92. The number of carbonyl (C=O) groups is 4. The summed E-state index contributed by atoms with van der Waals surface area (Å²) in [6, 6.07) is 11.3. The van der Waals surface area contributed by atoms with E-state index >= 15 is 0 Å². The molecule has 0 saturated carbocycles. The number of benzene rings is 4. The van der Waals surface area contributed by atoms with Gasteiger partial charge in [0.2, 0.25) is 23.1 Å². The van der Waals surface area contributed by atoms with Crippen molar-refractivity contribution in [3.05, 3.63) is 82.9 Å². The Hall–Kier alpha value is -6.04. The number of phenols is 4. The maximum absolute atomic E-state index is 13.4. The number of methoxy groups -OCH3 is 4. The summed E-state index contributed by atoms with van der Waals surface area (Å²) in [6.45, 7) is 0. The number of aromatic hydroxyl groups is 4. The molecule has 0 fully saturated rings. The third-order valence-corrected chi connectivity index (χ3v) is 6.56. The first kappa shape index (κ1) is 30.9. The van der Waals surface area contributed by atoms with Crippen molar-refractivity contribution in [3.63, 3.8) is 0 Å². The average molecular weight is 603 g/mol. The molecule has 44 heavy (non-hydrogen) atoms. The van der Waals surface area contributed by atoms with Crippen molar-refractivity contribution >= 4 is 23.1 Å². The topological polar surface area (TPSA) is 186 Å². The van der Waals surface area contributed by atoms with Crippen LogP contribution in [0.4, 0.5) is 0 Å². The van der Waals surface area contributed by atoms with Gasteiger partial charge in [-0.2, -0.15) is 0 Å². The molecule has 12 nitrogen and oxygen atoms in total. The number of ketones is 4. The van der Waals surface area contributed by atoms with E-state index in [0.29, 0.717) is 0 Å². The van der Waals surface area contributed by atoms with Gasteiger partial charge in [0.25, 0.3) is 0 Å². The highest BCUT2D eigenvalue weighted by molar-refractivity contribution is 6.50. The average Bonchev–Trinajstić information content (AvgIpc) is 3.00. The monoisotopic (exact) mass is 602 g/mol. The Balaban J connectivity index is 1.90. The smallest absolute Gasteiger partial charge is 0.237 e. The molecule has 0 aliphatic heterocycles. The van der Waals surface area contributed by atoms with Crippen LogP contribution < -0.4 is 18.9 Å². The molecule has 0 aromatic heterocycles. The normalized spacial score (nSPS) is 10.5. The van der Waals surface area contributed by atoms with Gasteiger partial charge in [0, 0.05) is 46.5 Å². The second-order valence-corrected chi connectivity index (χ2v) is 9.30. The van der Waals surface area contributed by atoms with Crippen molar-refractivity contribution in [1.82, 2.24) is 0 Å². The molecule has 4 aromatic carbocycles. The molecule has 0 aliphatic carbocycles. The van der Waals surface area contributed by atoms with E-state index in [0.717, 1.165) is 36.4 Å². The Morgan fingerprint density at radius 1 is 0.409 bits per heavy atom. The second-order valence-electron chi connectivity index (χ2n) is 9.30. The number of hydrogen-bond donors (Lipinski definition) is 4. The van der Waals surface area contributed by atoms with Crippen LogP contribution in [0.1, 0.15) is 41.4 Å². The van der Waals surface area contributed by atoms with E-state index in [-0.39, 0.29) is 56.4 Å². The molecule has 0 atom stereocenters. The molecule has 4 N–H and O–H groups in total. The molecule has 0 amide bonds. The van der Waals surface area contributed by atoms with Gasteiger partial charge >= 0.3 is 0 Å². The molecular formula is C32H26O12. The minimum atomic E-state index is -1.07. The minimum absolute atomic E-state index is 0.0454. The van der Waals surface area contributed by atoms with Gasteiger partial charge in [-0.05, 0) is 36.4 Å². The zero-order chi connectivity index (χ0) is 32.3. The van der Waals surface area contributed by atoms with Gasteiger partial charge in [0.1, 0.15) is 46.0 Å². The van der Waals surface area contributed by atoms with Gasteiger partial charge in [-0.3, -0.25) is 19.2 Å². The summed E-state index contributed by atoms with van der Waals surface area (Å²) in [6.07, 6.45) is 0. The molecule has 0 radical (unpaired) electrons. The van der Waals surface area contributed by atoms with E-state index in [4.69, 9.17) is 18.9 Å². The van der Waals surface area contributed by atoms with Crippen LogP contribution >= 0.6 is 0 Å². The lowest BCUT2D eigenvalue weighted by Gasteiger charge is -2.18. The Morgan fingerprint density at radius 3 is 0.977 bits per heavy atom. The van der Waals surface area contributed by atoms with E-state index < -0.39 is 46.1 Å². The Kier molecular flexibility index (Phi) is 8.75. The minimum Gasteiger partial charge on any atom is -0.508 e. The van der Waals surface area contributed by atoms with Crippen molar-refractivity contribution < 1.29 is 58.6 Å². The third-order valence-electron chi connectivity index (χ3n) is 6.56. The maximum Gasteiger partial charge on any atom is 0.237 e. The summed E-state index contributed by atoms with van der Waals surface area (Å²) < 4.78 is 21.7. The molecular weight excluding hydrogens is 576 g/mol. The van der Waals surface area contributed by atoms with Crippen LogP contribution in [0.2, 0.25) is 0 Å². The summed E-state index contributed by atoms with van der Waals surface area (Å²) in [7, 11) is 5.21. The van der Waals surface area contributed by atoms with Gasteiger partial charge in [0.05, 0.1) is 39.6 Å². The number of rotatable bonds is 11. The van der Waals surface area contributed by atoms with E-state index in [1.54, 1.807) is 0 Å². The molecule has 4 rings (SSSR count). The zero-order valence-corrected chi connectivity index (χ0v) is 23.8. The molecule has 0 spiro atoms. The summed E-state index contributed by atoms with van der Waals surface area (Å²) in [4.78, 5) is 53.1. The SMILES string of the molecule is COc1cc(OC)c(-c2cc(C(=O)C(=O)c3cc(O)cc(O)c3)c(OC)cc2OC)cc1C(=O)C(=O)c1cc(O)cc(O)c1. The number of hydrogen-bond acceptors (Lipinski definition) is 12. The second kappa shape index (κ2) is 12.4. The van der Waals surface area contributed by atoms with Gasteiger partial charge < -0.3 is 39.4 Å². The molecule has 0 saturated heterocycles. The van der Waals surface area contributed by atoms with E-state index in [2.05, 4.69) is 0 Å². The Bertz CT molecular complexity index is 1650. The van der Waals surface area contributed by atoms with E-state index in [1.165, 1.54) is 52.7 Å². The van der Waals surface area contributed by atoms with Crippen LogP contribution in [0, 0.1) is 0 Å². The van der Waals surface area contributed by atoms with Gasteiger partial charge in [-0.15, -0.1) is 0 Å². The van der Waals surface area contributed by atoms with Gasteiger partial charge in [-0.25, -0.2) is 0 Å². The number of ether oxygens (including phenoxy) is 4. The van der Waals surface area contributed by atoms with Gasteiger partial charge in [0.15, 0.2) is 0 Å². The van der Waals surface area contributed by atoms with Crippen LogP contribution in [0.15, 0.2) is 60.7 Å². The molecule has 12 heteroatoms. The molecule has 0 aliphatic rings. The Morgan fingerprint density at radius 2 is 0.705 bits per heavy atom. The first-order chi connectivity index (χ1) is 20.9. The van der Waals surface area contributed by atoms with Crippen molar-refractivity contribution in [1.29, 1.82) is 0 Å². The van der Waals surface area contributed by atoms with Crippen molar-refractivity contribution in [2.75, 3.05) is 28.4 Å². The summed E-state index contributed by atoms with van der Waals surface area (Å²) in [5.74, 6) is -5.80. The Labute approximate surface area is 250 Å². The predicted molar refractivity (Wildman–Crippen MR) is 155 cm³/mol. The fourth-order valence-electron chi connectivity index (χ4n) is 4.53. The number of phenolic OH excluding ortho intramolecular Hbond substituents is 4. The predicted octanol–water partition coefficient (Wildman–Crippen LogP) is 4.34. The molecule has 0 bridgehead atoms. The fraction of sp³-hybridized carbons (Fsp3) is 0.125. The van der Waals surface area contributed by atoms with Crippen LogP contribution in [-0.4, -0.2) is 72.0 Å². The van der Waals surface area contributed by atoms with Gasteiger partial charge in [-0.1, -0.05) is 0 Å². The highest BCUT2D eigenvalue weighted by atomic mass is 16.5. The van der Waals surface area contributed by atoms with Crippen LogP contribution in [-0.2, 0) is 0 Å². The maximum atomic E-state index is 13.4. The largest absolute Gasteiger partial charge is 0.508 e. The molecule has 4 aromatic rings. The first-order valence-electron chi connectivity index (χ1n) is 12.7. The van der Waals surface area contributed by atoms with Crippen LogP contribution in [0.3, 0.4) is 0 Å². The molecule has 0 unspecified atom stereocenters. The van der Waals surface area contributed by atoms with E-state index in [9.17, 15) is 39.6 Å². The van der Waals surface area contributed by atoms with Crippen LogP contribution in [0.5, 0.6) is 46.0 Å². The van der Waals surface area contributed by atoms with Crippen LogP contribution in [0.25, 0.3) is 11.1 Å². The lowest BCUT2D eigenvalue weighted by Crippen LogP contribution is -2.16. The summed E-state index contributed by atoms with van der Waals surface area (Å²) in [5.41, 5.74) is -0.712. The molecule has 226 valence electrons. The van der Waals surface area contributed by atoms with Crippen molar-refractivity contribution in [2.45, 2.75) is 0 Å². The summed E-state index contributed by atoms with van der Waals surface area (Å²) >= 11 is 0.